The molecule has 0 radical (unpaired) electrons. The maximum Gasteiger partial charge on any atom is 0.0394 e. The average molecular weight is 233 g/mol. The molecule has 0 heterocycles. The van der Waals surface area contributed by atoms with Crippen LogP contribution < -0.4 is 5.32 Å². The van der Waals surface area contributed by atoms with Gasteiger partial charge >= 0.3 is 0 Å². The summed E-state index contributed by atoms with van der Waals surface area (Å²) in [6.07, 6.45) is 1.14. The molecule has 0 bridgehead atoms. The van der Waals surface area contributed by atoms with Crippen molar-refractivity contribution in [3.05, 3.63) is 0 Å². The molecule has 0 aliphatic heterocycles. The molecule has 0 saturated heterocycles. The molecule has 0 aromatic carbocycles. The first-order valence-corrected chi connectivity index (χ1v) is 7.36. The van der Waals surface area contributed by atoms with Gasteiger partial charge < -0.3 is 5.32 Å². The van der Waals surface area contributed by atoms with E-state index in [-0.39, 0.29) is 0 Å². The third kappa shape index (κ3) is 5.12. The third-order valence-corrected chi connectivity index (χ3v) is 5.46. The second-order valence-corrected chi connectivity index (χ2v) is 6.62. The number of hydrogen-bond acceptors (Lipinski definition) is 2. The molecule has 0 fully saturated rings. The number of rotatable bonds is 7. The summed E-state index contributed by atoms with van der Waals surface area (Å²) in [7, 11) is 1.26. The Morgan fingerprint density at radius 1 is 1.20 bits per heavy atom. The Hall–Kier alpha value is 0.110. The summed E-state index contributed by atoms with van der Waals surface area (Å²) in [5.41, 5.74) is 0. The van der Waals surface area contributed by atoms with Gasteiger partial charge in [-0.2, -0.15) is 0 Å². The molecule has 0 spiro atoms. The van der Waals surface area contributed by atoms with Crippen LogP contribution in [0.2, 0.25) is 0 Å². The van der Waals surface area contributed by atoms with Gasteiger partial charge in [-0.05, 0) is 18.9 Å². The van der Waals surface area contributed by atoms with Crippen LogP contribution in [0.15, 0.2) is 0 Å². The highest BCUT2D eigenvalue weighted by Gasteiger charge is 2.21. The van der Waals surface area contributed by atoms with Crippen molar-refractivity contribution in [1.29, 1.82) is 0 Å². The first-order valence-electron chi connectivity index (χ1n) is 5.98. The summed E-state index contributed by atoms with van der Waals surface area (Å²) in [6.45, 7) is 10.8. The van der Waals surface area contributed by atoms with Crippen molar-refractivity contribution in [3.8, 4) is 0 Å². The molecular weight excluding hydrogens is 206 g/mol. The van der Waals surface area contributed by atoms with Crippen LogP contribution in [0.25, 0.3) is 0 Å². The van der Waals surface area contributed by atoms with Crippen molar-refractivity contribution in [1.82, 2.24) is 5.32 Å². The van der Waals surface area contributed by atoms with Gasteiger partial charge in [0.2, 0.25) is 0 Å². The van der Waals surface area contributed by atoms with Gasteiger partial charge in [0.15, 0.2) is 0 Å². The Morgan fingerprint density at radius 3 is 2.07 bits per heavy atom. The standard InChI is InChI=1S/C12H27NOS/c1-7-10(4)12(13-6)8-15(14)11(5)9(2)3/h9-13H,7-8H2,1-6H3. The summed E-state index contributed by atoms with van der Waals surface area (Å²) in [5, 5.41) is 3.58. The van der Waals surface area contributed by atoms with Gasteiger partial charge in [0.1, 0.15) is 0 Å². The molecular formula is C12H27NOS. The van der Waals surface area contributed by atoms with Crippen LogP contribution in [0.3, 0.4) is 0 Å². The van der Waals surface area contributed by atoms with Crippen molar-refractivity contribution >= 4 is 10.8 Å². The van der Waals surface area contributed by atoms with E-state index < -0.39 is 10.8 Å². The molecule has 2 nitrogen and oxygen atoms in total. The maximum absolute atomic E-state index is 12.0. The molecule has 0 aliphatic rings. The van der Waals surface area contributed by atoms with Crippen molar-refractivity contribution in [3.63, 3.8) is 0 Å². The topological polar surface area (TPSA) is 29.1 Å². The average Bonchev–Trinajstić information content (AvgIpc) is 2.22. The highest BCUT2D eigenvalue weighted by molar-refractivity contribution is 7.85. The van der Waals surface area contributed by atoms with Crippen molar-refractivity contribution in [2.45, 2.75) is 52.3 Å². The minimum absolute atomic E-state index is 0.296. The van der Waals surface area contributed by atoms with Gasteiger partial charge in [-0.15, -0.1) is 0 Å². The molecule has 4 unspecified atom stereocenters. The van der Waals surface area contributed by atoms with E-state index in [1.54, 1.807) is 0 Å². The van der Waals surface area contributed by atoms with E-state index in [1.807, 2.05) is 7.05 Å². The number of nitrogens with one attached hydrogen (secondary N) is 1. The van der Waals surface area contributed by atoms with Crippen molar-refractivity contribution in [2.24, 2.45) is 11.8 Å². The maximum atomic E-state index is 12.0. The van der Waals surface area contributed by atoms with E-state index in [0.717, 1.165) is 12.2 Å². The van der Waals surface area contributed by atoms with Crippen LogP contribution in [-0.4, -0.2) is 28.3 Å². The van der Waals surface area contributed by atoms with Gasteiger partial charge in [0, 0.05) is 27.8 Å². The van der Waals surface area contributed by atoms with E-state index >= 15 is 0 Å². The normalized spacial score (nSPS) is 19.9. The molecule has 0 saturated carbocycles. The Bertz CT molecular complexity index is 194. The monoisotopic (exact) mass is 233 g/mol. The molecule has 0 aromatic rings. The summed E-state index contributed by atoms with van der Waals surface area (Å²) in [4.78, 5) is 0. The van der Waals surface area contributed by atoms with Crippen molar-refractivity contribution in [2.75, 3.05) is 12.8 Å². The van der Waals surface area contributed by atoms with Crippen molar-refractivity contribution < 1.29 is 4.21 Å². The lowest BCUT2D eigenvalue weighted by molar-refractivity contribution is 0.416. The second kappa shape index (κ2) is 7.39. The van der Waals surface area contributed by atoms with Gasteiger partial charge in [-0.3, -0.25) is 4.21 Å². The SMILES string of the molecule is CCC(C)C(CS(=O)C(C)C(C)C)NC. The van der Waals surface area contributed by atoms with Crippen LogP contribution in [0, 0.1) is 11.8 Å². The first-order chi connectivity index (χ1) is 6.93. The molecule has 4 atom stereocenters. The zero-order valence-electron chi connectivity index (χ0n) is 11.0. The Labute approximate surface area is 97.7 Å². The van der Waals surface area contributed by atoms with Crippen LogP contribution in [0.4, 0.5) is 0 Å². The highest BCUT2D eigenvalue weighted by Crippen LogP contribution is 2.14. The van der Waals surface area contributed by atoms with E-state index in [1.165, 1.54) is 0 Å². The molecule has 3 heteroatoms. The lowest BCUT2D eigenvalue weighted by Crippen LogP contribution is -2.39. The minimum atomic E-state index is -0.710. The van der Waals surface area contributed by atoms with Gasteiger partial charge in [0.05, 0.1) is 0 Å². The second-order valence-electron chi connectivity index (χ2n) is 4.78. The molecule has 0 aromatic heterocycles. The molecule has 0 aliphatic carbocycles. The van der Waals surface area contributed by atoms with Crippen LogP contribution in [0.5, 0.6) is 0 Å². The smallest absolute Gasteiger partial charge is 0.0394 e. The molecule has 15 heavy (non-hydrogen) atoms. The Balaban J connectivity index is 4.24. The molecule has 0 amide bonds. The lowest BCUT2D eigenvalue weighted by Gasteiger charge is -2.24. The Morgan fingerprint density at radius 2 is 1.73 bits per heavy atom. The van der Waals surface area contributed by atoms with Crippen LogP contribution >= 0.6 is 0 Å². The fourth-order valence-electron chi connectivity index (χ4n) is 1.45. The minimum Gasteiger partial charge on any atom is -0.316 e. The van der Waals surface area contributed by atoms with E-state index in [2.05, 4.69) is 39.9 Å². The van der Waals surface area contributed by atoms with Gasteiger partial charge in [0.25, 0.3) is 0 Å². The predicted molar refractivity (Wildman–Crippen MR) is 69.6 cm³/mol. The zero-order valence-corrected chi connectivity index (χ0v) is 11.9. The Kier molecular flexibility index (Phi) is 7.45. The van der Waals surface area contributed by atoms with E-state index in [4.69, 9.17) is 0 Å². The zero-order chi connectivity index (χ0) is 12.0. The van der Waals surface area contributed by atoms with E-state index in [9.17, 15) is 4.21 Å². The highest BCUT2D eigenvalue weighted by atomic mass is 32.2. The number of hydrogen-bond donors (Lipinski definition) is 1. The van der Waals surface area contributed by atoms with Gasteiger partial charge in [-0.25, -0.2) is 0 Å². The summed E-state index contributed by atoms with van der Waals surface area (Å²) in [6, 6.07) is 0.386. The van der Waals surface area contributed by atoms with E-state index in [0.29, 0.717) is 23.1 Å². The van der Waals surface area contributed by atoms with Crippen LogP contribution in [0.1, 0.15) is 41.0 Å². The van der Waals surface area contributed by atoms with Gasteiger partial charge in [-0.1, -0.05) is 41.0 Å². The quantitative estimate of drug-likeness (QED) is 0.731. The first kappa shape index (κ1) is 15.1. The summed E-state index contributed by atoms with van der Waals surface area (Å²) >= 11 is 0. The molecule has 1 N–H and O–H groups in total. The molecule has 0 rings (SSSR count). The largest absolute Gasteiger partial charge is 0.316 e. The lowest BCUT2D eigenvalue weighted by atomic mass is 10.0. The van der Waals surface area contributed by atoms with Crippen LogP contribution in [-0.2, 0) is 10.8 Å². The summed E-state index contributed by atoms with van der Waals surface area (Å²) in [5.74, 6) is 1.88. The third-order valence-electron chi connectivity index (χ3n) is 3.40. The predicted octanol–water partition coefficient (Wildman–Crippen LogP) is 2.41. The fourth-order valence-corrected chi connectivity index (χ4v) is 3.21. The summed E-state index contributed by atoms with van der Waals surface area (Å²) < 4.78 is 12.0. The fraction of sp³-hybridized carbons (Fsp3) is 1.00. The molecule has 92 valence electrons.